The summed E-state index contributed by atoms with van der Waals surface area (Å²) in [6.07, 6.45) is 14.1. The lowest BCUT2D eigenvalue weighted by Gasteiger charge is -2.11. The molecular formula is C26H38N2O2. The number of hydrogen-bond acceptors (Lipinski definition) is 4. The molecule has 0 spiro atoms. The predicted molar refractivity (Wildman–Crippen MR) is 126 cm³/mol. The van der Waals surface area contributed by atoms with Gasteiger partial charge in [-0.05, 0) is 37.1 Å². The van der Waals surface area contributed by atoms with Crippen LogP contribution < -0.4 is 10.1 Å². The van der Waals surface area contributed by atoms with Gasteiger partial charge < -0.3 is 10.1 Å². The lowest BCUT2D eigenvalue weighted by molar-refractivity contribution is 0.103. The summed E-state index contributed by atoms with van der Waals surface area (Å²) in [4.78, 5) is 17.5. The molecule has 0 radical (unpaired) electrons. The fraction of sp³-hybridized carbons (Fsp3) is 0.538. The molecule has 30 heavy (non-hydrogen) atoms. The summed E-state index contributed by atoms with van der Waals surface area (Å²) in [7, 11) is 0. The summed E-state index contributed by atoms with van der Waals surface area (Å²) < 4.78 is 5.75. The Bertz CT molecular complexity index is 745. The number of ketones is 1. The fourth-order valence-corrected chi connectivity index (χ4v) is 3.41. The van der Waals surface area contributed by atoms with Crippen LogP contribution in [0.3, 0.4) is 0 Å². The number of anilines is 1. The van der Waals surface area contributed by atoms with Crippen molar-refractivity contribution in [3.8, 4) is 5.75 Å². The van der Waals surface area contributed by atoms with Crippen LogP contribution in [0.2, 0.25) is 0 Å². The molecule has 0 amide bonds. The second-order valence-electron chi connectivity index (χ2n) is 7.86. The van der Waals surface area contributed by atoms with Crippen molar-refractivity contribution in [2.75, 3.05) is 18.5 Å². The molecule has 0 bridgehead atoms. The van der Waals surface area contributed by atoms with Gasteiger partial charge in [-0.2, -0.15) is 0 Å². The van der Waals surface area contributed by atoms with Gasteiger partial charge >= 0.3 is 0 Å². The summed E-state index contributed by atoms with van der Waals surface area (Å²) in [6.45, 7) is 5.90. The maximum Gasteiger partial charge on any atom is 0.196 e. The van der Waals surface area contributed by atoms with E-state index in [4.69, 9.17) is 4.74 Å². The topological polar surface area (TPSA) is 51.2 Å². The van der Waals surface area contributed by atoms with Gasteiger partial charge in [-0.1, -0.05) is 77.3 Å². The van der Waals surface area contributed by atoms with Crippen LogP contribution in [0.25, 0.3) is 0 Å². The Labute approximate surface area is 182 Å². The normalized spacial score (nSPS) is 10.7. The van der Waals surface area contributed by atoms with Crippen LogP contribution in [0.4, 0.5) is 5.82 Å². The number of carbonyl (C=O) groups is 1. The summed E-state index contributed by atoms with van der Waals surface area (Å²) in [5, 5.41) is 3.37. The van der Waals surface area contributed by atoms with Gasteiger partial charge in [-0.15, -0.1) is 0 Å². The largest absolute Gasteiger partial charge is 0.494 e. The van der Waals surface area contributed by atoms with Crippen molar-refractivity contribution >= 4 is 11.6 Å². The minimum Gasteiger partial charge on any atom is -0.494 e. The number of rotatable bonds is 16. The standard InChI is InChI=1S/C26H38N2O2/c1-3-5-7-8-9-10-11-12-18-27-26-24(17-14-19-28-26)25(29)22-15-13-16-23(21-22)30-20-6-4-2/h13-17,19,21H,3-12,18,20H2,1-2H3,(H,27,28). The minimum atomic E-state index is -0.0255. The van der Waals surface area contributed by atoms with E-state index in [0.717, 1.165) is 31.6 Å². The van der Waals surface area contributed by atoms with Gasteiger partial charge in [0.1, 0.15) is 11.6 Å². The molecule has 0 atom stereocenters. The number of nitrogens with zero attached hydrogens (tertiary/aromatic N) is 1. The smallest absolute Gasteiger partial charge is 0.196 e. The van der Waals surface area contributed by atoms with Crippen LogP contribution in [0.15, 0.2) is 42.6 Å². The first-order valence-corrected chi connectivity index (χ1v) is 11.7. The van der Waals surface area contributed by atoms with Crippen LogP contribution in [0.5, 0.6) is 5.75 Å². The second kappa shape index (κ2) is 14.6. The highest BCUT2D eigenvalue weighted by Crippen LogP contribution is 2.21. The molecule has 1 aromatic carbocycles. The maximum absolute atomic E-state index is 13.1. The lowest BCUT2D eigenvalue weighted by atomic mass is 10.0. The quantitative estimate of drug-likeness (QED) is 0.238. The zero-order chi connectivity index (χ0) is 21.4. The molecular weight excluding hydrogens is 372 g/mol. The molecule has 164 valence electrons. The van der Waals surface area contributed by atoms with Crippen molar-refractivity contribution in [3.63, 3.8) is 0 Å². The van der Waals surface area contributed by atoms with E-state index in [2.05, 4.69) is 24.1 Å². The Morgan fingerprint density at radius 3 is 2.40 bits per heavy atom. The number of nitrogens with one attached hydrogen (secondary N) is 1. The number of benzene rings is 1. The first-order chi connectivity index (χ1) is 14.8. The van der Waals surface area contributed by atoms with Gasteiger partial charge in [0.25, 0.3) is 0 Å². The number of aromatic nitrogens is 1. The molecule has 0 aliphatic carbocycles. The highest BCUT2D eigenvalue weighted by Gasteiger charge is 2.15. The van der Waals surface area contributed by atoms with Gasteiger partial charge in [0, 0.05) is 18.3 Å². The average Bonchev–Trinajstić information content (AvgIpc) is 2.78. The lowest BCUT2D eigenvalue weighted by Crippen LogP contribution is -2.11. The Kier molecular flexibility index (Phi) is 11.6. The highest BCUT2D eigenvalue weighted by atomic mass is 16.5. The van der Waals surface area contributed by atoms with Gasteiger partial charge in [-0.25, -0.2) is 4.98 Å². The first kappa shape index (κ1) is 23.9. The van der Waals surface area contributed by atoms with Gasteiger partial charge in [-0.3, -0.25) is 4.79 Å². The molecule has 0 saturated heterocycles. The monoisotopic (exact) mass is 410 g/mol. The van der Waals surface area contributed by atoms with Crippen molar-refractivity contribution in [3.05, 3.63) is 53.7 Å². The third kappa shape index (κ3) is 8.56. The number of carbonyl (C=O) groups excluding carboxylic acids is 1. The van der Waals surface area contributed by atoms with E-state index in [1.54, 1.807) is 6.20 Å². The van der Waals surface area contributed by atoms with Crippen molar-refractivity contribution in [2.24, 2.45) is 0 Å². The third-order valence-corrected chi connectivity index (χ3v) is 5.24. The SMILES string of the molecule is CCCCCCCCCCNc1ncccc1C(=O)c1cccc(OCCCC)c1. The third-order valence-electron chi connectivity index (χ3n) is 5.24. The number of pyridine rings is 1. The molecule has 1 N–H and O–H groups in total. The molecule has 4 nitrogen and oxygen atoms in total. The minimum absolute atomic E-state index is 0.0255. The van der Waals surface area contributed by atoms with Gasteiger partial charge in [0.05, 0.1) is 12.2 Å². The summed E-state index contributed by atoms with van der Waals surface area (Å²) in [6, 6.07) is 11.1. The first-order valence-electron chi connectivity index (χ1n) is 11.7. The molecule has 4 heteroatoms. The fourth-order valence-electron chi connectivity index (χ4n) is 3.41. The second-order valence-corrected chi connectivity index (χ2v) is 7.86. The molecule has 1 aromatic heterocycles. The van der Waals surface area contributed by atoms with E-state index in [1.807, 2.05) is 36.4 Å². The maximum atomic E-state index is 13.1. The summed E-state index contributed by atoms with van der Waals surface area (Å²) >= 11 is 0. The van der Waals surface area contributed by atoms with E-state index < -0.39 is 0 Å². The Morgan fingerprint density at radius 1 is 0.900 bits per heavy atom. The summed E-state index contributed by atoms with van der Waals surface area (Å²) in [5.74, 6) is 1.39. The van der Waals surface area contributed by atoms with Crippen molar-refractivity contribution in [1.29, 1.82) is 0 Å². The van der Waals surface area contributed by atoms with Crippen molar-refractivity contribution < 1.29 is 9.53 Å². The van der Waals surface area contributed by atoms with Crippen LogP contribution in [-0.4, -0.2) is 23.9 Å². The zero-order valence-electron chi connectivity index (χ0n) is 18.8. The highest BCUT2D eigenvalue weighted by molar-refractivity contribution is 6.12. The summed E-state index contributed by atoms with van der Waals surface area (Å²) in [5.41, 5.74) is 1.25. The van der Waals surface area contributed by atoms with Crippen molar-refractivity contribution in [2.45, 2.75) is 78.1 Å². The van der Waals surface area contributed by atoms with Gasteiger partial charge in [0.15, 0.2) is 5.78 Å². The number of unbranched alkanes of at least 4 members (excludes halogenated alkanes) is 8. The molecule has 0 saturated carbocycles. The predicted octanol–water partition coefficient (Wildman–Crippen LogP) is 7.04. The molecule has 1 heterocycles. The Balaban J connectivity index is 1.85. The Hall–Kier alpha value is -2.36. The molecule has 0 aliphatic rings. The van der Waals surface area contributed by atoms with Crippen LogP contribution in [-0.2, 0) is 0 Å². The molecule has 0 unspecified atom stereocenters. The average molecular weight is 411 g/mol. The van der Waals surface area contributed by atoms with E-state index in [-0.39, 0.29) is 5.78 Å². The van der Waals surface area contributed by atoms with Crippen molar-refractivity contribution in [1.82, 2.24) is 4.98 Å². The van der Waals surface area contributed by atoms with E-state index in [1.165, 1.54) is 44.9 Å². The molecule has 0 fully saturated rings. The Morgan fingerprint density at radius 2 is 1.63 bits per heavy atom. The van der Waals surface area contributed by atoms with Crippen LogP contribution in [0, 0.1) is 0 Å². The van der Waals surface area contributed by atoms with Crippen LogP contribution >= 0.6 is 0 Å². The van der Waals surface area contributed by atoms with E-state index >= 15 is 0 Å². The van der Waals surface area contributed by atoms with Crippen LogP contribution in [0.1, 0.15) is 94.0 Å². The number of ether oxygens (including phenoxy) is 1. The van der Waals surface area contributed by atoms with E-state index in [0.29, 0.717) is 23.6 Å². The van der Waals surface area contributed by atoms with E-state index in [9.17, 15) is 4.79 Å². The zero-order valence-corrected chi connectivity index (χ0v) is 18.8. The molecule has 2 rings (SSSR count). The molecule has 0 aliphatic heterocycles. The molecule has 2 aromatic rings. The number of hydrogen-bond donors (Lipinski definition) is 1. The van der Waals surface area contributed by atoms with Gasteiger partial charge in [0.2, 0.25) is 0 Å².